The summed E-state index contributed by atoms with van der Waals surface area (Å²) in [6, 6.07) is 31.4. The molecule has 2 atom stereocenters. The summed E-state index contributed by atoms with van der Waals surface area (Å²) >= 11 is 0. The van der Waals surface area contributed by atoms with Crippen LogP contribution in [0.4, 0.5) is 4.79 Å². The summed E-state index contributed by atoms with van der Waals surface area (Å²) in [5.74, 6) is 2.46. The fourth-order valence-corrected chi connectivity index (χ4v) is 6.65. The number of para-hydroxylation sites is 1. The molecule has 268 valence electrons. The predicted octanol–water partition coefficient (Wildman–Crippen LogP) is 9.30. The number of nitrogens with zero attached hydrogens (tertiary/aromatic N) is 1. The predicted molar refractivity (Wildman–Crippen MR) is 201 cm³/mol. The first-order chi connectivity index (χ1) is 23.9. The molecule has 1 aliphatic heterocycles. The number of likely N-dealkylation sites (tertiary alicyclic amines) is 1. The third-order valence-corrected chi connectivity index (χ3v) is 10.2. The van der Waals surface area contributed by atoms with Crippen molar-refractivity contribution in [3.05, 3.63) is 102 Å². The van der Waals surface area contributed by atoms with Gasteiger partial charge in [0.2, 0.25) is 0 Å². The Morgan fingerprint density at radius 2 is 1.50 bits per heavy atom. The number of amides is 1. The number of rotatable bonds is 15. The van der Waals surface area contributed by atoms with Crippen LogP contribution in [-0.2, 0) is 20.8 Å². The Kier molecular flexibility index (Phi) is 12.8. The molecule has 4 aromatic rings. The summed E-state index contributed by atoms with van der Waals surface area (Å²) in [5.41, 5.74) is 1.56. The number of hydrogen-bond acceptors (Lipinski definition) is 7. The van der Waals surface area contributed by atoms with E-state index >= 15 is 0 Å². The second-order valence-electron chi connectivity index (χ2n) is 15.0. The Morgan fingerprint density at radius 3 is 2.20 bits per heavy atom. The third kappa shape index (κ3) is 11.5. The second-order valence-corrected chi connectivity index (χ2v) is 20.7. The van der Waals surface area contributed by atoms with Crippen molar-refractivity contribution in [2.24, 2.45) is 0 Å². The van der Waals surface area contributed by atoms with Crippen LogP contribution in [0.25, 0.3) is 10.8 Å². The average Bonchev–Trinajstić information content (AvgIpc) is 3.08. The number of hydrogen-bond donors (Lipinski definition) is 0. The monoisotopic (exact) mass is 699 g/mol. The lowest BCUT2D eigenvalue weighted by molar-refractivity contribution is -0.0360. The fourth-order valence-electron chi connectivity index (χ4n) is 5.89. The zero-order valence-corrected chi connectivity index (χ0v) is 31.5. The molecule has 1 heterocycles. The number of carbonyl (C=O) groups excluding carboxylic acids is 1. The number of piperidine rings is 1. The van der Waals surface area contributed by atoms with Crippen LogP contribution in [0.3, 0.4) is 0 Å². The Bertz CT molecular complexity index is 1650. The third-order valence-electron chi connectivity index (χ3n) is 8.52. The number of carbonyl (C=O) groups is 1. The molecule has 0 N–H and O–H groups in total. The van der Waals surface area contributed by atoms with Crippen molar-refractivity contribution in [2.45, 2.75) is 77.1 Å². The molecule has 5 rings (SSSR count). The van der Waals surface area contributed by atoms with Gasteiger partial charge >= 0.3 is 6.09 Å². The van der Waals surface area contributed by atoms with E-state index in [4.69, 9.17) is 28.4 Å². The van der Waals surface area contributed by atoms with Crippen LogP contribution in [0.5, 0.6) is 17.2 Å². The van der Waals surface area contributed by atoms with Crippen LogP contribution < -0.4 is 14.2 Å². The van der Waals surface area contributed by atoms with Crippen molar-refractivity contribution in [1.29, 1.82) is 0 Å². The van der Waals surface area contributed by atoms with Gasteiger partial charge in [0.15, 0.2) is 6.79 Å². The van der Waals surface area contributed by atoms with Crippen LogP contribution in [0, 0.1) is 0 Å². The summed E-state index contributed by atoms with van der Waals surface area (Å²) < 4.78 is 36.2. The van der Waals surface area contributed by atoms with Crippen molar-refractivity contribution in [1.82, 2.24) is 4.90 Å². The van der Waals surface area contributed by atoms with Crippen molar-refractivity contribution in [2.75, 3.05) is 39.7 Å². The molecule has 1 amide bonds. The summed E-state index contributed by atoms with van der Waals surface area (Å²) in [5, 5.41) is 2.11. The van der Waals surface area contributed by atoms with Gasteiger partial charge in [0, 0.05) is 32.5 Å². The minimum absolute atomic E-state index is 0.0834. The van der Waals surface area contributed by atoms with E-state index in [1.807, 2.05) is 81.4 Å². The lowest BCUT2D eigenvalue weighted by Gasteiger charge is -2.39. The zero-order valence-electron chi connectivity index (χ0n) is 30.5. The lowest BCUT2D eigenvalue weighted by atomic mass is 9.87. The van der Waals surface area contributed by atoms with Crippen LogP contribution in [0.1, 0.15) is 44.2 Å². The van der Waals surface area contributed by atoms with Crippen LogP contribution in [0.15, 0.2) is 91.0 Å². The van der Waals surface area contributed by atoms with Crippen LogP contribution in [0.2, 0.25) is 25.7 Å². The highest BCUT2D eigenvalue weighted by Crippen LogP contribution is 2.34. The van der Waals surface area contributed by atoms with Gasteiger partial charge in [-0.3, -0.25) is 0 Å². The van der Waals surface area contributed by atoms with Gasteiger partial charge in [0.25, 0.3) is 0 Å². The summed E-state index contributed by atoms with van der Waals surface area (Å²) in [6.45, 7) is 15.9. The molecule has 2 unspecified atom stereocenters. The Labute approximate surface area is 298 Å². The van der Waals surface area contributed by atoms with E-state index < -0.39 is 13.7 Å². The van der Waals surface area contributed by atoms with Crippen LogP contribution >= 0.6 is 0 Å². The maximum atomic E-state index is 13.1. The minimum atomic E-state index is -1.18. The van der Waals surface area contributed by atoms with E-state index in [2.05, 4.69) is 50.0 Å². The molecule has 0 bridgehead atoms. The van der Waals surface area contributed by atoms with E-state index in [1.165, 1.54) is 0 Å². The average molecular weight is 700 g/mol. The number of ether oxygens (including phenoxy) is 6. The number of benzene rings is 4. The standard InChI is InChI=1S/C41H53NO7Si/c1-41(2,3)49-40(43)42-21-20-37(32-16-18-35(19-17-32)46-23-22-45-34-13-8-7-9-14-34)39(28-42)47-29-31-26-33-12-10-11-15-36(33)38(27-31)48-30-44-24-25-50(4,5)6/h7-19,26-27,37,39H,20-25,28-30H2,1-6H3. The van der Waals surface area contributed by atoms with Gasteiger partial charge in [-0.1, -0.05) is 74.2 Å². The maximum Gasteiger partial charge on any atom is 0.410 e. The molecule has 0 aliphatic carbocycles. The van der Waals surface area contributed by atoms with E-state index in [0.29, 0.717) is 39.5 Å². The first-order valence-electron chi connectivity index (χ1n) is 17.7. The summed E-state index contributed by atoms with van der Waals surface area (Å²) in [7, 11) is -1.18. The van der Waals surface area contributed by atoms with Gasteiger partial charge in [-0.25, -0.2) is 4.79 Å². The molecule has 1 fully saturated rings. The van der Waals surface area contributed by atoms with Gasteiger partial charge in [-0.15, -0.1) is 0 Å². The molecule has 1 saturated heterocycles. The first-order valence-corrected chi connectivity index (χ1v) is 21.4. The van der Waals surface area contributed by atoms with Gasteiger partial charge in [-0.05, 0) is 86.1 Å². The molecule has 1 aliphatic rings. The van der Waals surface area contributed by atoms with Gasteiger partial charge < -0.3 is 33.3 Å². The minimum Gasteiger partial charge on any atom is -0.490 e. The van der Waals surface area contributed by atoms with E-state index in [0.717, 1.165) is 51.6 Å². The highest BCUT2D eigenvalue weighted by atomic mass is 28.3. The highest BCUT2D eigenvalue weighted by Gasteiger charge is 2.35. The molecule has 0 spiro atoms. The van der Waals surface area contributed by atoms with Crippen molar-refractivity contribution in [3.8, 4) is 17.2 Å². The summed E-state index contributed by atoms with van der Waals surface area (Å²) in [6.07, 6.45) is 0.181. The maximum absolute atomic E-state index is 13.1. The quantitative estimate of drug-likeness (QED) is 0.0696. The van der Waals surface area contributed by atoms with Gasteiger partial charge in [0.1, 0.15) is 36.1 Å². The highest BCUT2D eigenvalue weighted by molar-refractivity contribution is 6.76. The molecule has 0 aromatic heterocycles. The molecule has 0 radical (unpaired) electrons. The van der Waals surface area contributed by atoms with Gasteiger partial charge in [-0.2, -0.15) is 0 Å². The number of fused-ring (bicyclic) bond motifs is 1. The SMILES string of the molecule is CC(C)(C)OC(=O)N1CCC(c2ccc(OCCOc3ccccc3)cc2)C(OCc2cc(OCOCC[Si](C)(C)C)c3ccccc3c2)C1. The largest absolute Gasteiger partial charge is 0.490 e. The molecule has 0 saturated carbocycles. The molecule has 4 aromatic carbocycles. The smallest absolute Gasteiger partial charge is 0.410 e. The topological polar surface area (TPSA) is 75.7 Å². The molecule has 50 heavy (non-hydrogen) atoms. The van der Waals surface area contributed by atoms with Crippen molar-refractivity contribution in [3.63, 3.8) is 0 Å². The summed E-state index contributed by atoms with van der Waals surface area (Å²) in [4.78, 5) is 14.9. The van der Waals surface area contributed by atoms with Crippen LogP contribution in [-0.4, -0.2) is 70.5 Å². The van der Waals surface area contributed by atoms with E-state index in [-0.39, 0.29) is 24.9 Å². The van der Waals surface area contributed by atoms with E-state index in [9.17, 15) is 4.79 Å². The molecule has 8 nitrogen and oxygen atoms in total. The van der Waals surface area contributed by atoms with Gasteiger partial charge in [0.05, 0.1) is 19.3 Å². The molecule has 9 heteroatoms. The second kappa shape index (κ2) is 17.2. The Morgan fingerprint density at radius 1 is 0.820 bits per heavy atom. The molecular weight excluding hydrogens is 647 g/mol. The first kappa shape index (κ1) is 37.2. The van der Waals surface area contributed by atoms with Crippen molar-refractivity contribution >= 4 is 24.9 Å². The van der Waals surface area contributed by atoms with E-state index in [1.54, 1.807) is 4.90 Å². The zero-order chi connectivity index (χ0) is 35.6. The Hall–Kier alpha value is -4.05. The Balaban J connectivity index is 1.26. The normalized spacial score (nSPS) is 16.6. The molecular formula is C41H53NO7Si. The van der Waals surface area contributed by atoms with Crippen molar-refractivity contribution < 1.29 is 33.2 Å². The lowest BCUT2D eigenvalue weighted by Crippen LogP contribution is -2.48. The fraction of sp³-hybridized carbons (Fsp3) is 0.439.